The van der Waals surface area contributed by atoms with Gasteiger partial charge in [-0.3, -0.25) is 4.79 Å². The Kier molecular flexibility index (Phi) is 6.56. The Bertz CT molecular complexity index is 1010. The van der Waals surface area contributed by atoms with Gasteiger partial charge in [-0.25, -0.2) is 0 Å². The molecule has 2 bridgehead atoms. The van der Waals surface area contributed by atoms with Crippen molar-refractivity contribution < 1.29 is 23.1 Å². The smallest absolute Gasteiger partial charge is 0.446 e. The minimum Gasteiger partial charge on any atom is -0.506 e. The molecule has 1 aliphatic heterocycles. The first-order chi connectivity index (χ1) is 15.8. The summed E-state index contributed by atoms with van der Waals surface area (Å²) < 4.78 is 31.2. The van der Waals surface area contributed by atoms with Crippen LogP contribution in [-0.4, -0.2) is 37.2 Å². The molecule has 3 aliphatic rings. The van der Waals surface area contributed by atoms with Gasteiger partial charge in [-0.1, -0.05) is 25.0 Å². The summed E-state index contributed by atoms with van der Waals surface area (Å²) in [6.45, 7) is 1.11. The van der Waals surface area contributed by atoms with Crippen LogP contribution in [0.3, 0.4) is 0 Å². The van der Waals surface area contributed by atoms with Gasteiger partial charge in [0.1, 0.15) is 5.75 Å². The molecule has 0 unspecified atom stereocenters. The summed E-state index contributed by atoms with van der Waals surface area (Å²) in [5, 5.41) is 21.3. The summed E-state index contributed by atoms with van der Waals surface area (Å²) in [6, 6.07) is 13.0. The molecule has 1 saturated carbocycles. The highest BCUT2D eigenvalue weighted by Gasteiger charge is 2.51. The molecule has 8 heteroatoms. The van der Waals surface area contributed by atoms with Crippen LogP contribution in [0.4, 0.5) is 30.2 Å². The Labute approximate surface area is 191 Å². The van der Waals surface area contributed by atoms with Crippen LogP contribution in [0.1, 0.15) is 43.2 Å². The molecule has 0 amide bonds. The molecule has 2 aromatic carbocycles. The predicted molar refractivity (Wildman–Crippen MR) is 123 cm³/mol. The normalized spacial score (nSPS) is 25.6. The third-order valence-electron chi connectivity index (χ3n) is 7.36. The van der Waals surface area contributed by atoms with Crippen LogP contribution >= 0.6 is 0 Å². The highest BCUT2D eigenvalue weighted by Crippen LogP contribution is 2.55. The maximum absolute atomic E-state index is 10.9. The molecular formula is C25H30F3N3O2. The number of halogens is 3. The number of para-hydroxylation sites is 2. The standard InChI is InChI=1S/C23H29N3O.C2HF3O/c1-24-18-7-2-3-8-19(18)26-21-13-15-12-20-16-6-4-5-9-23(16,10-11-25-20)17(15)14-22(21)27;3-2(4,5)1-6/h2-3,7-8,13-14,16,20,24-27H,4-6,9-12H2,1H3;1H/t16-,20+,23+;/m1./s1. The number of anilines is 3. The van der Waals surface area contributed by atoms with E-state index in [1.165, 1.54) is 43.2 Å². The van der Waals surface area contributed by atoms with Gasteiger partial charge in [-0.2, -0.15) is 13.2 Å². The second kappa shape index (κ2) is 9.25. The number of aromatic hydroxyl groups is 1. The van der Waals surface area contributed by atoms with Gasteiger partial charge in [0.2, 0.25) is 6.29 Å². The topological polar surface area (TPSA) is 73.4 Å². The van der Waals surface area contributed by atoms with E-state index in [-0.39, 0.29) is 5.41 Å². The van der Waals surface area contributed by atoms with E-state index < -0.39 is 12.5 Å². The molecule has 3 atom stereocenters. The van der Waals surface area contributed by atoms with E-state index in [2.05, 4.69) is 28.1 Å². The van der Waals surface area contributed by atoms with Crippen LogP contribution in [-0.2, 0) is 16.6 Å². The lowest BCUT2D eigenvalue weighted by Crippen LogP contribution is -2.59. The molecule has 5 rings (SSSR count). The van der Waals surface area contributed by atoms with E-state index in [4.69, 9.17) is 4.79 Å². The van der Waals surface area contributed by atoms with E-state index in [1.54, 1.807) is 0 Å². The van der Waals surface area contributed by atoms with Gasteiger partial charge in [-0.05, 0) is 73.5 Å². The SMILES string of the molecule is CNc1ccccc1Nc1cc2c(cc1O)[C@]13CCCC[C@@H]1[C@H](C2)NCC3.O=CC(F)(F)F. The maximum Gasteiger partial charge on any atom is 0.446 e. The van der Waals surface area contributed by atoms with Crippen molar-refractivity contribution >= 4 is 23.3 Å². The van der Waals surface area contributed by atoms with E-state index in [1.807, 2.05) is 31.3 Å². The molecule has 2 aliphatic carbocycles. The van der Waals surface area contributed by atoms with E-state index >= 15 is 0 Å². The van der Waals surface area contributed by atoms with Gasteiger partial charge in [0.05, 0.1) is 17.1 Å². The summed E-state index contributed by atoms with van der Waals surface area (Å²) in [5.74, 6) is 1.10. The van der Waals surface area contributed by atoms with Gasteiger partial charge in [0, 0.05) is 18.5 Å². The van der Waals surface area contributed by atoms with E-state index in [0.717, 1.165) is 35.9 Å². The van der Waals surface area contributed by atoms with Crippen molar-refractivity contribution in [2.75, 3.05) is 24.2 Å². The van der Waals surface area contributed by atoms with Crippen molar-refractivity contribution in [1.82, 2.24) is 5.32 Å². The molecule has 5 nitrogen and oxygen atoms in total. The Morgan fingerprint density at radius 3 is 2.55 bits per heavy atom. The Balaban J connectivity index is 0.000000385. The molecule has 33 heavy (non-hydrogen) atoms. The molecule has 1 saturated heterocycles. The summed E-state index contributed by atoms with van der Waals surface area (Å²) in [4.78, 5) is 8.70. The fraction of sp³-hybridized carbons (Fsp3) is 0.480. The van der Waals surface area contributed by atoms with Crippen LogP contribution in [0.25, 0.3) is 0 Å². The largest absolute Gasteiger partial charge is 0.506 e. The molecule has 1 heterocycles. The third-order valence-corrected chi connectivity index (χ3v) is 7.36. The lowest BCUT2D eigenvalue weighted by atomic mass is 9.53. The zero-order valence-corrected chi connectivity index (χ0v) is 18.6. The van der Waals surface area contributed by atoms with Crippen molar-refractivity contribution in [2.45, 2.75) is 56.2 Å². The summed E-state index contributed by atoms with van der Waals surface area (Å²) in [5.41, 5.74) is 5.93. The molecule has 2 aromatic rings. The van der Waals surface area contributed by atoms with Crippen LogP contribution in [0, 0.1) is 5.92 Å². The molecule has 0 radical (unpaired) electrons. The fourth-order valence-electron chi connectivity index (χ4n) is 6.03. The lowest BCUT2D eigenvalue weighted by Gasteiger charge is -2.56. The van der Waals surface area contributed by atoms with Gasteiger partial charge in [-0.15, -0.1) is 0 Å². The zero-order valence-electron chi connectivity index (χ0n) is 18.6. The highest BCUT2D eigenvalue weighted by atomic mass is 19.4. The van der Waals surface area contributed by atoms with Crippen LogP contribution in [0.2, 0.25) is 0 Å². The number of nitrogens with one attached hydrogen (secondary N) is 3. The maximum atomic E-state index is 10.9. The minimum absolute atomic E-state index is 0.278. The molecule has 0 aromatic heterocycles. The summed E-state index contributed by atoms with van der Waals surface area (Å²) >= 11 is 0. The molecular weight excluding hydrogens is 431 g/mol. The number of aldehydes is 1. The number of carbonyl (C=O) groups excluding carboxylic acids is 1. The van der Waals surface area contributed by atoms with Gasteiger partial charge in [0.15, 0.2) is 0 Å². The van der Waals surface area contributed by atoms with Crippen molar-refractivity contribution in [2.24, 2.45) is 5.92 Å². The number of carbonyl (C=O) groups is 1. The average molecular weight is 462 g/mol. The fourth-order valence-corrected chi connectivity index (χ4v) is 6.03. The van der Waals surface area contributed by atoms with Crippen LogP contribution in [0.5, 0.6) is 5.75 Å². The number of hydrogen-bond acceptors (Lipinski definition) is 5. The molecule has 2 fully saturated rings. The zero-order chi connectivity index (χ0) is 23.6. The second-order valence-corrected chi connectivity index (χ2v) is 9.13. The Morgan fingerprint density at radius 2 is 1.85 bits per heavy atom. The number of piperidine rings is 1. The van der Waals surface area contributed by atoms with Gasteiger partial charge < -0.3 is 21.1 Å². The number of benzene rings is 2. The average Bonchev–Trinajstić information content (AvgIpc) is 2.80. The van der Waals surface area contributed by atoms with Crippen molar-refractivity contribution in [3.05, 3.63) is 47.5 Å². The number of fused-ring (bicyclic) bond motifs is 1. The second-order valence-electron chi connectivity index (χ2n) is 9.13. The molecule has 0 spiro atoms. The van der Waals surface area contributed by atoms with Crippen LogP contribution < -0.4 is 16.0 Å². The Hall–Kier alpha value is -2.74. The van der Waals surface area contributed by atoms with E-state index in [9.17, 15) is 18.3 Å². The minimum atomic E-state index is -4.64. The molecule has 4 N–H and O–H groups in total. The molecule has 178 valence electrons. The van der Waals surface area contributed by atoms with Crippen LogP contribution in [0.15, 0.2) is 36.4 Å². The summed E-state index contributed by atoms with van der Waals surface area (Å²) in [7, 11) is 1.92. The third kappa shape index (κ3) is 4.67. The number of rotatable bonds is 3. The predicted octanol–water partition coefficient (Wildman–Crippen LogP) is 5.27. The number of alkyl halides is 3. The van der Waals surface area contributed by atoms with E-state index in [0.29, 0.717) is 11.8 Å². The quantitative estimate of drug-likeness (QED) is 0.370. The number of phenolic OH excluding ortho intramolecular Hbond substituents is 1. The summed E-state index contributed by atoms with van der Waals surface area (Å²) in [6.07, 6.45) is 1.85. The van der Waals surface area contributed by atoms with Gasteiger partial charge in [0.25, 0.3) is 0 Å². The van der Waals surface area contributed by atoms with Crippen molar-refractivity contribution in [3.8, 4) is 5.75 Å². The monoisotopic (exact) mass is 461 g/mol. The lowest BCUT2D eigenvalue weighted by molar-refractivity contribution is -0.156. The highest BCUT2D eigenvalue weighted by molar-refractivity contribution is 5.77. The first-order valence-corrected chi connectivity index (χ1v) is 11.4. The Morgan fingerprint density at radius 1 is 1.12 bits per heavy atom. The van der Waals surface area contributed by atoms with Crippen molar-refractivity contribution in [1.29, 1.82) is 0 Å². The first-order valence-electron chi connectivity index (χ1n) is 11.4. The van der Waals surface area contributed by atoms with Gasteiger partial charge >= 0.3 is 6.18 Å². The number of phenols is 1. The first kappa shape index (κ1) is 23.4. The van der Waals surface area contributed by atoms with Crippen molar-refractivity contribution in [3.63, 3.8) is 0 Å². The number of hydrogen-bond donors (Lipinski definition) is 4.